The van der Waals surface area contributed by atoms with Gasteiger partial charge in [0.1, 0.15) is 0 Å². The van der Waals surface area contributed by atoms with E-state index in [1.807, 2.05) is 29.2 Å². The van der Waals surface area contributed by atoms with Crippen LogP contribution < -0.4 is 5.32 Å². The Morgan fingerprint density at radius 2 is 1.93 bits per heavy atom. The number of halogens is 1. The van der Waals surface area contributed by atoms with Gasteiger partial charge >= 0.3 is 0 Å². The highest BCUT2D eigenvalue weighted by Gasteiger charge is 2.51. The Hall–Kier alpha value is -2.12. The molecule has 4 rings (SSSR count). The number of piperidine rings is 1. The van der Waals surface area contributed by atoms with Crippen molar-refractivity contribution in [3.63, 3.8) is 0 Å². The molecular formula is C22H25ClN4O2S. The van der Waals surface area contributed by atoms with Crippen LogP contribution in [0.2, 0.25) is 5.02 Å². The maximum Gasteiger partial charge on any atom is 0.233 e. The second kappa shape index (κ2) is 9.35. The maximum absolute atomic E-state index is 12.9. The van der Waals surface area contributed by atoms with E-state index in [1.54, 1.807) is 18.5 Å². The second-order valence-corrected chi connectivity index (χ2v) is 9.35. The van der Waals surface area contributed by atoms with E-state index < -0.39 is 5.41 Å². The molecular weight excluding hydrogens is 420 g/mol. The lowest BCUT2D eigenvalue weighted by atomic mass is 9.93. The highest BCUT2D eigenvalue weighted by Crippen LogP contribution is 2.48. The average Bonchev–Trinajstić information content (AvgIpc) is 3.59. The average molecular weight is 445 g/mol. The van der Waals surface area contributed by atoms with Crippen LogP contribution in [-0.2, 0) is 15.0 Å². The number of nitrogens with one attached hydrogen (secondary N) is 1. The van der Waals surface area contributed by atoms with Crippen LogP contribution in [0.5, 0.6) is 0 Å². The summed E-state index contributed by atoms with van der Waals surface area (Å²) in [6, 6.07) is 9.34. The number of aromatic nitrogens is 2. The van der Waals surface area contributed by atoms with E-state index in [9.17, 15) is 9.59 Å². The first-order valence-electron chi connectivity index (χ1n) is 10.3. The summed E-state index contributed by atoms with van der Waals surface area (Å²) in [5, 5.41) is 4.44. The van der Waals surface area contributed by atoms with Crippen LogP contribution in [0.1, 0.15) is 31.2 Å². The van der Waals surface area contributed by atoms with Crippen molar-refractivity contribution >= 4 is 35.2 Å². The van der Waals surface area contributed by atoms with Gasteiger partial charge in [0.05, 0.1) is 11.2 Å². The number of amides is 2. The van der Waals surface area contributed by atoms with E-state index >= 15 is 0 Å². The summed E-state index contributed by atoms with van der Waals surface area (Å²) in [7, 11) is 0. The maximum atomic E-state index is 12.9. The molecule has 2 aromatic rings. The zero-order valence-corrected chi connectivity index (χ0v) is 18.3. The largest absolute Gasteiger partial charge is 0.355 e. The third-order valence-electron chi connectivity index (χ3n) is 5.87. The Bertz CT molecular complexity index is 890. The fourth-order valence-electron chi connectivity index (χ4n) is 3.98. The molecule has 0 unspecified atom stereocenters. The van der Waals surface area contributed by atoms with Gasteiger partial charge in [-0.15, -0.1) is 0 Å². The zero-order chi connectivity index (χ0) is 21.0. The van der Waals surface area contributed by atoms with Crippen molar-refractivity contribution in [3.05, 3.63) is 53.3 Å². The predicted molar refractivity (Wildman–Crippen MR) is 117 cm³/mol. The van der Waals surface area contributed by atoms with E-state index in [-0.39, 0.29) is 17.7 Å². The molecule has 8 heteroatoms. The molecule has 1 atom stereocenters. The lowest BCUT2D eigenvalue weighted by Gasteiger charge is -2.33. The fourth-order valence-corrected chi connectivity index (χ4v) is 4.81. The van der Waals surface area contributed by atoms with Gasteiger partial charge in [-0.3, -0.25) is 9.59 Å². The summed E-state index contributed by atoms with van der Waals surface area (Å²) >= 11 is 7.34. The monoisotopic (exact) mass is 444 g/mol. The summed E-state index contributed by atoms with van der Waals surface area (Å²) in [5.41, 5.74) is 0.631. The lowest BCUT2D eigenvalue weighted by molar-refractivity contribution is -0.130. The first-order valence-corrected chi connectivity index (χ1v) is 11.7. The van der Waals surface area contributed by atoms with Crippen molar-refractivity contribution in [3.8, 4) is 0 Å². The number of rotatable bonds is 7. The van der Waals surface area contributed by atoms with Gasteiger partial charge in [-0.1, -0.05) is 35.5 Å². The molecule has 1 saturated heterocycles. The topological polar surface area (TPSA) is 75.2 Å². The molecule has 1 aromatic heterocycles. The molecule has 158 valence electrons. The van der Waals surface area contributed by atoms with Crippen molar-refractivity contribution in [2.24, 2.45) is 5.92 Å². The Morgan fingerprint density at radius 3 is 2.63 bits per heavy atom. The van der Waals surface area contributed by atoms with Crippen LogP contribution in [0, 0.1) is 5.92 Å². The van der Waals surface area contributed by atoms with Gasteiger partial charge in [0.25, 0.3) is 0 Å². The van der Waals surface area contributed by atoms with Crippen LogP contribution in [0.15, 0.2) is 47.9 Å². The van der Waals surface area contributed by atoms with Gasteiger partial charge in [-0.05, 0) is 55.4 Å². The van der Waals surface area contributed by atoms with Crippen molar-refractivity contribution < 1.29 is 9.59 Å². The standard InChI is InChI=1S/C22H25ClN4O2S/c23-18-6-4-17(5-7-18)22(8-9-22)20(29)26-13-16-3-1-12-27(14-16)19(28)15-30-21-24-10-2-11-25-21/h2,4-7,10-11,16H,1,3,8-9,12-15H2,(H,26,29)/t16-/m0/s1. The molecule has 1 aliphatic carbocycles. The molecule has 0 spiro atoms. The quantitative estimate of drug-likeness (QED) is 0.523. The molecule has 2 fully saturated rings. The van der Waals surface area contributed by atoms with E-state index in [1.165, 1.54) is 11.8 Å². The van der Waals surface area contributed by atoms with Crippen molar-refractivity contribution in [2.45, 2.75) is 36.3 Å². The number of carbonyl (C=O) groups is 2. The van der Waals surface area contributed by atoms with E-state index in [0.717, 1.165) is 37.8 Å². The SMILES string of the molecule is O=C(CSc1ncccn1)N1CCC[C@@H](CNC(=O)C2(c3ccc(Cl)cc3)CC2)C1. The minimum Gasteiger partial charge on any atom is -0.355 e. The van der Waals surface area contributed by atoms with Crippen molar-refractivity contribution in [1.29, 1.82) is 0 Å². The number of carbonyl (C=O) groups excluding carboxylic acids is 2. The first-order chi connectivity index (χ1) is 14.6. The van der Waals surface area contributed by atoms with Crippen molar-refractivity contribution in [2.75, 3.05) is 25.4 Å². The van der Waals surface area contributed by atoms with Gasteiger partial charge in [0.2, 0.25) is 11.8 Å². The Kier molecular flexibility index (Phi) is 6.58. The third-order valence-corrected chi connectivity index (χ3v) is 6.98. The van der Waals surface area contributed by atoms with E-state index in [4.69, 9.17) is 11.6 Å². The Morgan fingerprint density at radius 1 is 1.20 bits per heavy atom. The summed E-state index contributed by atoms with van der Waals surface area (Å²) in [4.78, 5) is 35.7. The van der Waals surface area contributed by atoms with Gasteiger partial charge in [-0.25, -0.2) is 9.97 Å². The fraction of sp³-hybridized carbons (Fsp3) is 0.455. The summed E-state index contributed by atoms with van der Waals surface area (Å²) in [6.45, 7) is 2.06. The molecule has 30 heavy (non-hydrogen) atoms. The lowest BCUT2D eigenvalue weighted by Crippen LogP contribution is -2.45. The molecule has 0 bridgehead atoms. The molecule has 6 nitrogen and oxygen atoms in total. The number of thioether (sulfide) groups is 1. The number of likely N-dealkylation sites (tertiary alicyclic amines) is 1. The van der Waals surface area contributed by atoms with Crippen LogP contribution in [-0.4, -0.2) is 52.1 Å². The van der Waals surface area contributed by atoms with Gasteiger partial charge in [0.15, 0.2) is 5.16 Å². The van der Waals surface area contributed by atoms with Gasteiger partial charge < -0.3 is 10.2 Å². The molecule has 1 saturated carbocycles. The molecule has 2 heterocycles. The summed E-state index contributed by atoms with van der Waals surface area (Å²) < 4.78 is 0. The van der Waals surface area contributed by atoms with Crippen LogP contribution >= 0.6 is 23.4 Å². The second-order valence-electron chi connectivity index (χ2n) is 7.97. The van der Waals surface area contributed by atoms with Crippen molar-refractivity contribution in [1.82, 2.24) is 20.2 Å². The zero-order valence-electron chi connectivity index (χ0n) is 16.7. The molecule has 1 aromatic carbocycles. The van der Waals surface area contributed by atoms with Gasteiger partial charge in [-0.2, -0.15) is 0 Å². The summed E-state index contributed by atoms with van der Waals surface area (Å²) in [5.74, 6) is 0.807. The molecule has 0 radical (unpaired) electrons. The minimum absolute atomic E-state index is 0.0880. The molecule has 1 N–H and O–H groups in total. The summed E-state index contributed by atoms with van der Waals surface area (Å²) in [6.07, 6.45) is 7.07. The highest BCUT2D eigenvalue weighted by molar-refractivity contribution is 7.99. The predicted octanol–water partition coefficient (Wildman–Crippen LogP) is 3.31. The molecule has 1 aliphatic heterocycles. The number of hydrogen-bond acceptors (Lipinski definition) is 5. The number of hydrogen-bond donors (Lipinski definition) is 1. The van der Waals surface area contributed by atoms with Gasteiger partial charge in [0, 0.05) is 37.1 Å². The Labute approximate surface area is 185 Å². The minimum atomic E-state index is -0.402. The van der Waals surface area contributed by atoms with E-state index in [0.29, 0.717) is 29.0 Å². The number of benzene rings is 1. The molecule has 2 amide bonds. The third kappa shape index (κ3) is 4.95. The first kappa shape index (κ1) is 21.1. The van der Waals surface area contributed by atoms with Crippen LogP contribution in [0.3, 0.4) is 0 Å². The smallest absolute Gasteiger partial charge is 0.233 e. The number of nitrogens with zero attached hydrogens (tertiary/aromatic N) is 3. The Balaban J connectivity index is 1.26. The van der Waals surface area contributed by atoms with Crippen LogP contribution in [0.25, 0.3) is 0 Å². The molecule has 2 aliphatic rings. The highest BCUT2D eigenvalue weighted by atomic mass is 35.5. The normalized spacial score (nSPS) is 19.9. The van der Waals surface area contributed by atoms with Crippen LogP contribution in [0.4, 0.5) is 0 Å². The van der Waals surface area contributed by atoms with E-state index in [2.05, 4.69) is 15.3 Å².